The number of aliphatic hydroxyl groups is 1. The highest BCUT2D eigenvalue weighted by Crippen LogP contribution is 2.24. The summed E-state index contributed by atoms with van der Waals surface area (Å²) in [5, 5.41) is 13.5. The van der Waals surface area contributed by atoms with Gasteiger partial charge in [-0.2, -0.15) is 0 Å². The van der Waals surface area contributed by atoms with Gasteiger partial charge in [-0.15, -0.1) is 11.8 Å². The van der Waals surface area contributed by atoms with Crippen LogP contribution in [0, 0.1) is 0 Å². The Kier molecular flexibility index (Phi) is 5.90. The van der Waals surface area contributed by atoms with Crippen molar-refractivity contribution in [3.63, 3.8) is 0 Å². The van der Waals surface area contributed by atoms with Crippen LogP contribution < -0.4 is 5.32 Å². The zero-order valence-electron chi connectivity index (χ0n) is 12.8. The molecule has 0 spiro atoms. The van der Waals surface area contributed by atoms with Gasteiger partial charge in [-0.05, 0) is 51.8 Å². The number of benzene rings is 1. The fraction of sp³-hybridized carbons (Fsp3) is 0.625. The summed E-state index contributed by atoms with van der Waals surface area (Å²) in [6.07, 6.45) is 0.785. The van der Waals surface area contributed by atoms with Crippen LogP contribution in [0.1, 0.15) is 46.6 Å². The van der Waals surface area contributed by atoms with Crippen LogP contribution >= 0.6 is 11.8 Å². The molecule has 19 heavy (non-hydrogen) atoms. The van der Waals surface area contributed by atoms with Gasteiger partial charge in [-0.25, -0.2) is 0 Å². The van der Waals surface area contributed by atoms with Gasteiger partial charge in [-0.3, -0.25) is 0 Å². The van der Waals surface area contributed by atoms with E-state index in [0.717, 1.165) is 18.7 Å². The Morgan fingerprint density at radius 2 is 1.68 bits per heavy atom. The number of thioether (sulfide) groups is 1. The number of rotatable bonds is 6. The molecule has 0 saturated carbocycles. The fourth-order valence-corrected chi connectivity index (χ4v) is 2.42. The smallest absolute Gasteiger partial charge is 0.0710 e. The van der Waals surface area contributed by atoms with Gasteiger partial charge in [0, 0.05) is 22.7 Å². The number of hydrogen-bond acceptors (Lipinski definition) is 3. The zero-order chi connectivity index (χ0) is 14.5. The van der Waals surface area contributed by atoms with Crippen molar-refractivity contribution in [3.05, 3.63) is 29.8 Å². The topological polar surface area (TPSA) is 32.3 Å². The van der Waals surface area contributed by atoms with Crippen molar-refractivity contribution in [3.8, 4) is 0 Å². The van der Waals surface area contributed by atoms with Crippen LogP contribution in [0.2, 0.25) is 0 Å². The van der Waals surface area contributed by atoms with Crippen molar-refractivity contribution in [1.29, 1.82) is 0 Å². The summed E-state index contributed by atoms with van der Waals surface area (Å²) in [4.78, 5) is 1.22. The second-order valence-corrected chi connectivity index (χ2v) is 7.44. The minimum Gasteiger partial charge on any atom is -0.389 e. The quantitative estimate of drug-likeness (QED) is 0.777. The molecule has 108 valence electrons. The maximum absolute atomic E-state index is 9.98. The Morgan fingerprint density at radius 3 is 2.16 bits per heavy atom. The van der Waals surface area contributed by atoms with E-state index in [-0.39, 0.29) is 5.54 Å². The molecular weight excluding hydrogens is 254 g/mol. The molecule has 1 aromatic carbocycles. The molecule has 1 unspecified atom stereocenters. The van der Waals surface area contributed by atoms with E-state index in [4.69, 9.17) is 0 Å². The summed E-state index contributed by atoms with van der Waals surface area (Å²) in [7, 11) is 0. The normalized spacial score (nSPS) is 15.3. The minimum absolute atomic E-state index is 0.146. The molecule has 0 aromatic heterocycles. The molecular formula is C16H27NOS. The third kappa shape index (κ3) is 7.00. The van der Waals surface area contributed by atoms with E-state index in [1.807, 2.05) is 13.8 Å². The first-order chi connectivity index (χ1) is 8.72. The van der Waals surface area contributed by atoms with Gasteiger partial charge in [0.1, 0.15) is 0 Å². The number of hydrogen-bond donors (Lipinski definition) is 2. The Morgan fingerprint density at radius 1 is 1.11 bits per heavy atom. The molecule has 0 radical (unpaired) electrons. The fourth-order valence-electron chi connectivity index (χ4n) is 1.41. The van der Waals surface area contributed by atoms with Crippen molar-refractivity contribution in [2.24, 2.45) is 0 Å². The van der Waals surface area contributed by atoms with E-state index in [1.165, 1.54) is 10.5 Å². The van der Waals surface area contributed by atoms with E-state index in [2.05, 4.69) is 50.4 Å². The summed E-state index contributed by atoms with van der Waals surface area (Å²) in [5.74, 6) is 0.739. The Balaban J connectivity index is 2.48. The molecule has 0 aliphatic rings. The first-order valence-electron chi connectivity index (χ1n) is 6.91. The van der Waals surface area contributed by atoms with Gasteiger partial charge in [0.2, 0.25) is 0 Å². The van der Waals surface area contributed by atoms with Crippen molar-refractivity contribution in [2.75, 3.05) is 5.75 Å². The van der Waals surface area contributed by atoms with E-state index in [0.29, 0.717) is 0 Å². The molecule has 1 aromatic rings. The molecule has 0 aliphatic carbocycles. The zero-order valence-corrected chi connectivity index (χ0v) is 13.6. The Bertz CT molecular complexity index is 379. The van der Waals surface area contributed by atoms with E-state index < -0.39 is 5.60 Å². The molecule has 0 aliphatic heterocycles. The number of nitrogens with one attached hydrogen (secondary N) is 1. The first-order valence-corrected chi connectivity index (χ1v) is 7.89. The SMILES string of the molecule is CCC(C)(O)CSc1ccc(CNC(C)(C)C)cc1. The predicted molar refractivity (Wildman–Crippen MR) is 84.7 cm³/mol. The molecule has 0 amide bonds. The third-order valence-corrected chi connectivity index (χ3v) is 4.43. The van der Waals surface area contributed by atoms with Crippen molar-refractivity contribution in [2.45, 2.75) is 63.6 Å². The van der Waals surface area contributed by atoms with Crippen molar-refractivity contribution in [1.82, 2.24) is 5.32 Å². The van der Waals surface area contributed by atoms with Crippen molar-refractivity contribution < 1.29 is 5.11 Å². The maximum atomic E-state index is 9.98. The average molecular weight is 281 g/mol. The Labute approximate surface area is 122 Å². The highest BCUT2D eigenvalue weighted by molar-refractivity contribution is 7.99. The summed E-state index contributed by atoms with van der Waals surface area (Å²) in [6.45, 7) is 11.3. The van der Waals surface area contributed by atoms with Gasteiger partial charge < -0.3 is 10.4 Å². The first kappa shape index (κ1) is 16.5. The van der Waals surface area contributed by atoms with Crippen LogP contribution in [0.5, 0.6) is 0 Å². The summed E-state index contributed by atoms with van der Waals surface area (Å²) in [6, 6.07) is 8.58. The van der Waals surface area contributed by atoms with Crippen LogP contribution in [-0.4, -0.2) is 22.0 Å². The third-order valence-electron chi connectivity index (χ3n) is 3.06. The molecule has 3 heteroatoms. The lowest BCUT2D eigenvalue weighted by molar-refractivity contribution is 0.0816. The highest BCUT2D eigenvalue weighted by atomic mass is 32.2. The molecule has 0 bridgehead atoms. The lowest BCUT2D eigenvalue weighted by atomic mass is 10.1. The van der Waals surface area contributed by atoms with Crippen LogP contribution in [0.4, 0.5) is 0 Å². The van der Waals surface area contributed by atoms with Gasteiger partial charge in [0.05, 0.1) is 5.60 Å². The molecule has 1 rings (SSSR count). The van der Waals surface area contributed by atoms with Gasteiger partial charge in [-0.1, -0.05) is 19.1 Å². The molecule has 0 heterocycles. The predicted octanol–water partition coefficient (Wildman–Crippen LogP) is 3.83. The minimum atomic E-state index is -0.572. The van der Waals surface area contributed by atoms with Gasteiger partial charge in [0.15, 0.2) is 0 Å². The Hall–Kier alpha value is -0.510. The second-order valence-electron chi connectivity index (χ2n) is 6.39. The van der Waals surface area contributed by atoms with E-state index in [1.54, 1.807) is 11.8 Å². The van der Waals surface area contributed by atoms with Crippen LogP contribution in [0.15, 0.2) is 29.2 Å². The van der Waals surface area contributed by atoms with Gasteiger partial charge >= 0.3 is 0 Å². The highest BCUT2D eigenvalue weighted by Gasteiger charge is 2.17. The molecule has 2 nitrogen and oxygen atoms in total. The van der Waals surface area contributed by atoms with E-state index in [9.17, 15) is 5.11 Å². The standard InChI is InChI=1S/C16H27NOS/c1-6-16(5,18)12-19-14-9-7-13(8-10-14)11-17-15(2,3)4/h7-10,17-18H,6,11-12H2,1-5H3. The van der Waals surface area contributed by atoms with E-state index >= 15 is 0 Å². The second kappa shape index (κ2) is 6.78. The summed E-state index contributed by atoms with van der Waals surface area (Å²) < 4.78 is 0. The van der Waals surface area contributed by atoms with Crippen LogP contribution in [0.25, 0.3) is 0 Å². The molecule has 2 N–H and O–H groups in total. The maximum Gasteiger partial charge on any atom is 0.0710 e. The molecule has 0 saturated heterocycles. The monoisotopic (exact) mass is 281 g/mol. The summed E-state index contributed by atoms with van der Waals surface area (Å²) in [5.41, 5.74) is 0.867. The van der Waals surface area contributed by atoms with Crippen LogP contribution in [-0.2, 0) is 6.54 Å². The van der Waals surface area contributed by atoms with Gasteiger partial charge in [0.25, 0.3) is 0 Å². The molecule has 1 atom stereocenters. The van der Waals surface area contributed by atoms with Crippen LogP contribution in [0.3, 0.4) is 0 Å². The summed E-state index contributed by atoms with van der Waals surface area (Å²) >= 11 is 1.71. The lowest BCUT2D eigenvalue weighted by Crippen LogP contribution is -2.35. The largest absolute Gasteiger partial charge is 0.389 e. The molecule has 0 fully saturated rings. The average Bonchev–Trinajstić information content (AvgIpc) is 2.34. The van der Waals surface area contributed by atoms with Crippen molar-refractivity contribution >= 4 is 11.8 Å². The lowest BCUT2D eigenvalue weighted by Gasteiger charge is -2.21.